The van der Waals surface area contributed by atoms with Crippen LogP contribution < -0.4 is 9.64 Å². The van der Waals surface area contributed by atoms with E-state index in [1.165, 1.54) is 11.1 Å². The Labute approximate surface area is 269 Å². The van der Waals surface area contributed by atoms with E-state index in [9.17, 15) is 13.2 Å². The summed E-state index contributed by atoms with van der Waals surface area (Å²) in [5, 5.41) is 2.10. The Morgan fingerprint density at radius 2 is 1.98 bits per heavy atom. The number of halogens is 5. The molecule has 0 amide bonds. The minimum Gasteiger partial charge on any atom is -0.461 e. The first-order chi connectivity index (χ1) is 22.3. The molecule has 5 heterocycles. The minimum atomic E-state index is -2.68. The van der Waals surface area contributed by atoms with Gasteiger partial charge in [0.25, 0.3) is 6.43 Å². The number of hydrogen-bond acceptors (Lipinski definition) is 7. The predicted octanol–water partition coefficient (Wildman–Crippen LogP) is 6.92. The van der Waals surface area contributed by atoms with Gasteiger partial charge in [-0.25, -0.2) is 17.6 Å². The zero-order valence-corrected chi connectivity index (χ0v) is 26.1. The molecule has 0 saturated carbocycles. The van der Waals surface area contributed by atoms with E-state index in [1.54, 1.807) is 24.3 Å². The van der Waals surface area contributed by atoms with Crippen molar-refractivity contribution in [3.63, 3.8) is 0 Å². The van der Waals surface area contributed by atoms with Gasteiger partial charge in [-0.1, -0.05) is 48.0 Å². The van der Waals surface area contributed by atoms with Crippen molar-refractivity contribution in [2.24, 2.45) is 0 Å². The van der Waals surface area contributed by atoms with Crippen molar-refractivity contribution in [2.75, 3.05) is 50.8 Å². The van der Waals surface area contributed by atoms with Crippen LogP contribution in [0.15, 0.2) is 55.3 Å². The van der Waals surface area contributed by atoms with Crippen molar-refractivity contribution in [3.05, 3.63) is 66.1 Å². The molecule has 0 bridgehead atoms. The lowest BCUT2D eigenvalue weighted by Gasteiger charge is -2.32. The highest BCUT2D eigenvalue weighted by Crippen LogP contribution is 2.41. The second-order valence-electron chi connectivity index (χ2n) is 12.6. The zero-order chi connectivity index (χ0) is 32.0. The molecule has 7 rings (SSSR count). The monoisotopic (exact) mass is 654 g/mol. The highest BCUT2D eigenvalue weighted by atomic mass is 35.5. The van der Waals surface area contributed by atoms with Crippen LogP contribution in [-0.4, -0.2) is 94.8 Å². The smallest absolute Gasteiger partial charge is 0.319 e. The molecule has 3 fully saturated rings. The van der Waals surface area contributed by atoms with Gasteiger partial charge in [0, 0.05) is 60.8 Å². The van der Waals surface area contributed by atoms with Crippen molar-refractivity contribution < 1.29 is 22.3 Å². The summed E-state index contributed by atoms with van der Waals surface area (Å²) in [5.74, 6) is -0.601. The summed E-state index contributed by atoms with van der Waals surface area (Å²) in [6, 6.07) is 10.4. The number of hydrogen-bond donors (Lipinski definition) is 0. The first-order valence-corrected chi connectivity index (χ1v) is 16.1. The number of fused-ring (bicyclic) bond motifs is 3. The lowest BCUT2D eigenvalue weighted by atomic mass is 9.95. The van der Waals surface area contributed by atoms with Gasteiger partial charge < -0.3 is 9.64 Å². The van der Waals surface area contributed by atoms with Crippen molar-refractivity contribution in [1.82, 2.24) is 24.8 Å². The van der Waals surface area contributed by atoms with Crippen LogP contribution in [0.5, 0.6) is 6.01 Å². The summed E-state index contributed by atoms with van der Waals surface area (Å²) in [6.07, 6.45) is 2.21. The number of alkyl halides is 3. The Balaban J connectivity index is 1.36. The van der Waals surface area contributed by atoms with E-state index in [0.29, 0.717) is 55.0 Å². The molecule has 0 N–H and O–H groups in total. The van der Waals surface area contributed by atoms with Crippen LogP contribution in [0.2, 0.25) is 5.02 Å². The molecule has 4 aromatic rings. The number of anilines is 1. The van der Waals surface area contributed by atoms with E-state index in [0.717, 1.165) is 24.8 Å². The van der Waals surface area contributed by atoms with Crippen LogP contribution in [0.3, 0.4) is 0 Å². The first kappa shape index (κ1) is 31.1. The second-order valence-corrected chi connectivity index (χ2v) is 13.0. The molecule has 0 aliphatic carbocycles. The van der Waals surface area contributed by atoms with Crippen molar-refractivity contribution >= 4 is 39.1 Å². The maximum atomic E-state index is 16.8. The van der Waals surface area contributed by atoms with E-state index in [4.69, 9.17) is 16.3 Å². The summed E-state index contributed by atoms with van der Waals surface area (Å²) >= 11 is 6.57. The molecule has 242 valence electrons. The van der Waals surface area contributed by atoms with Gasteiger partial charge >= 0.3 is 6.01 Å². The molecule has 3 aliphatic rings. The number of benzene rings is 2. The highest BCUT2D eigenvalue weighted by Gasteiger charge is 2.49. The second kappa shape index (κ2) is 12.6. The average Bonchev–Trinajstić information content (AvgIpc) is 3.73. The molecule has 0 spiro atoms. The van der Waals surface area contributed by atoms with Gasteiger partial charge in [0.05, 0.1) is 17.5 Å². The molecule has 2 aromatic carbocycles. The van der Waals surface area contributed by atoms with E-state index in [1.807, 2.05) is 18.2 Å². The van der Waals surface area contributed by atoms with Gasteiger partial charge in [0.1, 0.15) is 29.8 Å². The molecule has 12 heteroatoms. The van der Waals surface area contributed by atoms with Gasteiger partial charge in [-0.15, -0.1) is 6.58 Å². The van der Waals surface area contributed by atoms with Crippen molar-refractivity contribution in [1.29, 1.82) is 0 Å². The summed E-state index contributed by atoms with van der Waals surface area (Å²) in [4.78, 5) is 19.4. The fraction of sp³-hybridized carbons (Fsp3) is 0.441. The van der Waals surface area contributed by atoms with Crippen LogP contribution in [0.1, 0.15) is 25.7 Å². The number of likely N-dealkylation sites (tertiary alicyclic amines) is 1. The fourth-order valence-electron chi connectivity index (χ4n) is 7.61. The fourth-order valence-corrected chi connectivity index (χ4v) is 7.89. The van der Waals surface area contributed by atoms with Crippen LogP contribution in [0, 0.1) is 5.82 Å². The minimum absolute atomic E-state index is 0.0249. The number of rotatable bonds is 10. The zero-order valence-electron chi connectivity index (χ0n) is 25.3. The lowest BCUT2D eigenvalue weighted by molar-refractivity contribution is 0.107. The van der Waals surface area contributed by atoms with Crippen LogP contribution in [0.4, 0.5) is 23.4 Å². The van der Waals surface area contributed by atoms with Crippen LogP contribution >= 0.6 is 11.6 Å². The Bertz CT molecular complexity index is 1770. The first-order valence-electron chi connectivity index (χ1n) is 15.7. The molecular weight excluding hydrogens is 620 g/mol. The van der Waals surface area contributed by atoms with Crippen LogP contribution in [-0.2, 0) is 0 Å². The molecule has 0 radical (unpaired) electrons. The van der Waals surface area contributed by atoms with Crippen molar-refractivity contribution in [2.45, 2.75) is 49.9 Å². The van der Waals surface area contributed by atoms with E-state index < -0.39 is 30.5 Å². The molecule has 0 unspecified atom stereocenters. The lowest BCUT2D eigenvalue weighted by Crippen LogP contribution is -2.44. The third-order valence-corrected chi connectivity index (χ3v) is 9.98. The molecule has 46 heavy (non-hydrogen) atoms. The molecule has 2 aromatic heterocycles. The number of nitrogens with zero attached hydrogens (tertiary/aromatic N) is 6. The standard InChI is InChI=1S/C34H35ClF4N6O/c1-2-12-43-14-10-23(18-43)45(19-27(37)38)32-25-16-40-30(24-8-3-6-21-7-4-9-26(35)28(21)24)29(39)31(25)41-33(42-32)46-20-34-11-5-13-44(34)17-22(36)15-34/h2-4,6-9,16,22-23,27H,1,5,10-15,17-20H2/t22-,23-,34+/m1/s1. The average molecular weight is 655 g/mol. The third-order valence-electron chi connectivity index (χ3n) is 9.67. The highest BCUT2D eigenvalue weighted by molar-refractivity contribution is 6.36. The number of ether oxygens (including phenoxy) is 1. The molecular formula is C34H35ClF4N6O. The molecule has 3 atom stereocenters. The maximum Gasteiger partial charge on any atom is 0.319 e. The number of aromatic nitrogens is 3. The van der Waals surface area contributed by atoms with Crippen LogP contribution in [0.25, 0.3) is 32.9 Å². The summed E-state index contributed by atoms with van der Waals surface area (Å²) in [7, 11) is 0. The van der Waals surface area contributed by atoms with Gasteiger partial charge in [0.2, 0.25) is 0 Å². The molecule has 3 aliphatic heterocycles. The van der Waals surface area contributed by atoms with Gasteiger partial charge in [0.15, 0.2) is 5.82 Å². The quantitative estimate of drug-likeness (QED) is 0.136. The third kappa shape index (κ3) is 5.66. The largest absolute Gasteiger partial charge is 0.461 e. The Morgan fingerprint density at radius 3 is 2.78 bits per heavy atom. The predicted molar refractivity (Wildman–Crippen MR) is 172 cm³/mol. The molecule has 3 saturated heterocycles. The maximum absolute atomic E-state index is 16.8. The Morgan fingerprint density at radius 1 is 1.15 bits per heavy atom. The summed E-state index contributed by atoms with van der Waals surface area (Å²) < 4.78 is 65.8. The van der Waals surface area contributed by atoms with Gasteiger partial charge in [-0.2, -0.15) is 9.97 Å². The Kier molecular flexibility index (Phi) is 8.50. The van der Waals surface area contributed by atoms with Gasteiger partial charge in [-0.05, 0) is 37.3 Å². The van der Waals surface area contributed by atoms with Gasteiger partial charge in [-0.3, -0.25) is 14.8 Å². The number of pyridine rings is 1. The SMILES string of the molecule is C=CCN1CC[C@@H](N(CC(F)F)c2nc(OC[C@@]34CCCN3C[C@H](F)C4)nc3c(F)c(-c4cccc5cccc(Cl)c45)ncc23)C1. The topological polar surface area (TPSA) is 57.6 Å². The van der Waals surface area contributed by atoms with E-state index in [-0.39, 0.29) is 41.1 Å². The van der Waals surface area contributed by atoms with Crippen molar-refractivity contribution in [3.8, 4) is 17.3 Å². The molecule has 7 nitrogen and oxygen atoms in total. The summed E-state index contributed by atoms with van der Waals surface area (Å²) in [5.41, 5.74) is -0.0914. The van der Waals surface area contributed by atoms with E-state index >= 15 is 4.39 Å². The normalized spacial score (nSPS) is 23.5. The summed E-state index contributed by atoms with van der Waals surface area (Å²) in [6.45, 7) is 6.26. The Hall–Kier alpha value is -3.54. The van der Waals surface area contributed by atoms with E-state index in [2.05, 4.69) is 31.3 Å².